The van der Waals surface area contributed by atoms with Crippen molar-refractivity contribution in [1.29, 1.82) is 0 Å². The molecule has 2 aliphatic rings. The van der Waals surface area contributed by atoms with Crippen LogP contribution in [0.4, 0.5) is 5.69 Å². The fraction of sp³-hybridized carbons (Fsp3) is 0.571. The number of hydrogen-bond acceptors (Lipinski definition) is 2. The van der Waals surface area contributed by atoms with Crippen LogP contribution in [0.3, 0.4) is 0 Å². The molecule has 86 valence electrons. The Bertz CT molecular complexity index is 371. The van der Waals surface area contributed by atoms with Gasteiger partial charge in [-0.3, -0.25) is 0 Å². The van der Waals surface area contributed by atoms with Crippen LogP contribution in [-0.4, -0.2) is 25.2 Å². The summed E-state index contributed by atoms with van der Waals surface area (Å²) < 4.78 is 0. The quantitative estimate of drug-likeness (QED) is 0.834. The summed E-state index contributed by atoms with van der Waals surface area (Å²) in [7, 11) is 0. The smallest absolute Gasteiger partial charge is 0.0369 e. The maximum atomic E-state index is 3.73. The summed E-state index contributed by atoms with van der Waals surface area (Å²) in [5.41, 5.74) is 2.75. The van der Waals surface area contributed by atoms with Gasteiger partial charge in [-0.05, 0) is 43.9 Å². The molecule has 2 heteroatoms. The van der Waals surface area contributed by atoms with Crippen LogP contribution in [-0.2, 0) is 0 Å². The average Bonchev–Trinajstić information content (AvgIpc) is 2.94. The molecule has 0 radical (unpaired) electrons. The predicted molar refractivity (Wildman–Crippen MR) is 68.0 cm³/mol. The summed E-state index contributed by atoms with van der Waals surface area (Å²) in [5.74, 6) is 0. The molecular weight excluding hydrogens is 196 g/mol. The van der Waals surface area contributed by atoms with Gasteiger partial charge in [-0.25, -0.2) is 0 Å². The van der Waals surface area contributed by atoms with Gasteiger partial charge in [0, 0.05) is 30.9 Å². The van der Waals surface area contributed by atoms with E-state index in [9.17, 15) is 0 Å². The summed E-state index contributed by atoms with van der Waals surface area (Å²) in [6.07, 6.45) is 4.08. The maximum Gasteiger partial charge on any atom is 0.0369 e. The van der Waals surface area contributed by atoms with E-state index in [4.69, 9.17) is 0 Å². The molecule has 0 amide bonds. The number of anilines is 1. The summed E-state index contributed by atoms with van der Waals surface area (Å²) in [5, 5.41) is 3.73. The van der Waals surface area contributed by atoms with E-state index >= 15 is 0 Å². The van der Waals surface area contributed by atoms with Gasteiger partial charge < -0.3 is 10.2 Å². The highest BCUT2D eigenvalue weighted by molar-refractivity contribution is 5.49. The first-order valence-electron chi connectivity index (χ1n) is 6.39. The van der Waals surface area contributed by atoms with Crippen LogP contribution >= 0.6 is 0 Å². The molecule has 0 bridgehead atoms. The lowest BCUT2D eigenvalue weighted by Crippen LogP contribution is -2.33. The van der Waals surface area contributed by atoms with Crippen molar-refractivity contribution in [1.82, 2.24) is 5.32 Å². The number of rotatable bonds is 3. The number of aryl methyl sites for hydroxylation is 1. The molecule has 2 fully saturated rings. The fourth-order valence-corrected chi connectivity index (χ4v) is 2.54. The zero-order chi connectivity index (χ0) is 11.0. The van der Waals surface area contributed by atoms with Gasteiger partial charge in [0.2, 0.25) is 0 Å². The molecule has 1 unspecified atom stereocenters. The first-order valence-corrected chi connectivity index (χ1v) is 6.39. The predicted octanol–water partition coefficient (Wildman–Crippen LogP) is 2.33. The fourth-order valence-electron chi connectivity index (χ4n) is 2.54. The molecule has 0 aromatic heterocycles. The number of benzene rings is 1. The van der Waals surface area contributed by atoms with Crippen molar-refractivity contribution in [2.45, 2.75) is 38.3 Å². The van der Waals surface area contributed by atoms with Crippen molar-refractivity contribution in [3.05, 3.63) is 29.8 Å². The van der Waals surface area contributed by atoms with E-state index in [-0.39, 0.29) is 0 Å². The Kier molecular flexibility index (Phi) is 2.60. The molecule has 1 atom stereocenters. The van der Waals surface area contributed by atoms with E-state index in [2.05, 4.69) is 41.4 Å². The minimum absolute atomic E-state index is 0.716. The van der Waals surface area contributed by atoms with E-state index in [1.54, 1.807) is 0 Å². The van der Waals surface area contributed by atoms with Gasteiger partial charge in [-0.2, -0.15) is 0 Å². The normalized spacial score (nSPS) is 25.1. The number of hydrogen-bond donors (Lipinski definition) is 1. The highest BCUT2D eigenvalue weighted by atomic mass is 15.2. The van der Waals surface area contributed by atoms with Crippen molar-refractivity contribution in [2.75, 3.05) is 18.0 Å². The zero-order valence-electron chi connectivity index (χ0n) is 9.95. The SMILES string of the molecule is Cc1cccc(N2CCC(NC3CC3)C2)c1. The molecule has 1 aromatic rings. The van der Waals surface area contributed by atoms with Crippen molar-refractivity contribution >= 4 is 5.69 Å². The highest BCUT2D eigenvalue weighted by Gasteiger charge is 2.29. The van der Waals surface area contributed by atoms with Crippen LogP contribution in [0.25, 0.3) is 0 Å². The first kappa shape index (κ1) is 10.2. The van der Waals surface area contributed by atoms with Crippen molar-refractivity contribution in [3.63, 3.8) is 0 Å². The molecule has 0 spiro atoms. The summed E-state index contributed by atoms with van der Waals surface area (Å²) >= 11 is 0. The van der Waals surface area contributed by atoms with E-state index in [1.807, 2.05) is 0 Å². The third-order valence-electron chi connectivity index (χ3n) is 3.60. The Morgan fingerprint density at radius 3 is 2.81 bits per heavy atom. The van der Waals surface area contributed by atoms with E-state index in [0.29, 0.717) is 6.04 Å². The molecule has 1 N–H and O–H groups in total. The maximum absolute atomic E-state index is 3.73. The minimum Gasteiger partial charge on any atom is -0.370 e. The largest absolute Gasteiger partial charge is 0.370 e. The van der Waals surface area contributed by atoms with E-state index in [0.717, 1.165) is 6.04 Å². The molecule has 1 saturated carbocycles. The summed E-state index contributed by atoms with van der Waals surface area (Å²) in [6.45, 7) is 4.55. The Morgan fingerprint density at radius 1 is 1.19 bits per heavy atom. The van der Waals surface area contributed by atoms with Gasteiger partial charge in [0.15, 0.2) is 0 Å². The summed E-state index contributed by atoms with van der Waals surface area (Å²) in [6, 6.07) is 10.4. The van der Waals surface area contributed by atoms with Gasteiger partial charge in [0.1, 0.15) is 0 Å². The number of nitrogens with zero attached hydrogens (tertiary/aromatic N) is 1. The van der Waals surface area contributed by atoms with Gasteiger partial charge in [0.05, 0.1) is 0 Å². The standard InChI is InChI=1S/C14H20N2/c1-11-3-2-4-14(9-11)16-8-7-13(10-16)15-12-5-6-12/h2-4,9,12-13,15H,5-8,10H2,1H3. The van der Waals surface area contributed by atoms with Crippen molar-refractivity contribution in [2.24, 2.45) is 0 Å². The van der Waals surface area contributed by atoms with Crippen LogP contribution in [0, 0.1) is 6.92 Å². The molecule has 1 heterocycles. The molecule has 1 aromatic carbocycles. The monoisotopic (exact) mass is 216 g/mol. The molecule has 3 rings (SSSR count). The number of nitrogens with one attached hydrogen (secondary N) is 1. The average molecular weight is 216 g/mol. The second-order valence-corrected chi connectivity index (χ2v) is 5.21. The second-order valence-electron chi connectivity index (χ2n) is 5.21. The zero-order valence-corrected chi connectivity index (χ0v) is 9.95. The molecule has 2 nitrogen and oxygen atoms in total. The van der Waals surface area contributed by atoms with Gasteiger partial charge in [0.25, 0.3) is 0 Å². The van der Waals surface area contributed by atoms with Crippen LogP contribution < -0.4 is 10.2 Å². The van der Waals surface area contributed by atoms with Crippen LogP contribution in [0.5, 0.6) is 0 Å². The lowest BCUT2D eigenvalue weighted by atomic mass is 10.2. The van der Waals surface area contributed by atoms with Crippen molar-refractivity contribution < 1.29 is 0 Å². The van der Waals surface area contributed by atoms with Gasteiger partial charge >= 0.3 is 0 Å². The second kappa shape index (κ2) is 4.10. The van der Waals surface area contributed by atoms with Gasteiger partial charge in [-0.1, -0.05) is 12.1 Å². The highest BCUT2D eigenvalue weighted by Crippen LogP contribution is 2.25. The van der Waals surface area contributed by atoms with Crippen molar-refractivity contribution in [3.8, 4) is 0 Å². The Balaban J connectivity index is 1.63. The van der Waals surface area contributed by atoms with E-state index < -0.39 is 0 Å². The minimum atomic E-state index is 0.716. The van der Waals surface area contributed by atoms with Crippen LogP contribution in [0.2, 0.25) is 0 Å². The molecule has 16 heavy (non-hydrogen) atoms. The Labute approximate surface area is 97.6 Å². The van der Waals surface area contributed by atoms with E-state index in [1.165, 1.54) is 43.6 Å². The summed E-state index contributed by atoms with van der Waals surface area (Å²) in [4.78, 5) is 2.51. The molecule has 1 aliphatic carbocycles. The Morgan fingerprint density at radius 2 is 2.06 bits per heavy atom. The Hall–Kier alpha value is -1.02. The van der Waals surface area contributed by atoms with Crippen LogP contribution in [0.1, 0.15) is 24.8 Å². The first-order chi connectivity index (χ1) is 7.81. The molecule has 1 saturated heterocycles. The molecular formula is C14H20N2. The topological polar surface area (TPSA) is 15.3 Å². The lowest BCUT2D eigenvalue weighted by molar-refractivity contribution is 0.548. The lowest BCUT2D eigenvalue weighted by Gasteiger charge is -2.19. The third kappa shape index (κ3) is 2.22. The van der Waals surface area contributed by atoms with Crippen LogP contribution in [0.15, 0.2) is 24.3 Å². The third-order valence-corrected chi connectivity index (χ3v) is 3.60. The molecule has 1 aliphatic heterocycles. The van der Waals surface area contributed by atoms with Gasteiger partial charge in [-0.15, -0.1) is 0 Å².